The molecular weight excluding hydrogens is 1570 g/mol. The van der Waals surface area contributed by atoms with E-state index in [2.05, 4.69) is 138 Å². The monoisotopic (exact) mass is 1690 g/mol. The summed E-state index contributed by atoms with van der Waals surface area (Å²) in [5.74, 6) is -2.50. The topological polar surface area (TPSA) is 178 Å². The quantitative estimate of drug-likeness (QED) is 0.0372. The van der Waals surface area contributed by atoms with Crippen LogP contribution in [-0.2, 0) is 90.5 Å². The average Bonchev–Trinajstić information content (AvgIpc) is 0.893. The molecule has 0 aliphatic carbocycles. The number of halogens is 2. The number of carbonyl (C=O) groups excluding carboxylic acids is 4. The van der Waals surface area contributed by atoms with E-state index >= 15 is 0 Å². The number of hydrogen-bond acceptors (Lipinski definition) is 13. The number of ether oxygens (including phenoxy) is 5. The molecule has 120 heavy (non-hydrogen) atoms. The molecule has 2 N–H and O–H groups in total. The van der Waals surface area contributed by atoms with Crippen molar-refractivity contribution in [3.8, 4) is 0 Å². The summed E-state index contributed by atoms with van der Waals surface area (Å²) in [6, 6.07) is 91.9. The maximum atomic E-state index is 13.6. The van der Waals surface area contributed by atoms with Gasteiger partial charge in [0.05, 0.1) is 53.5 Å². The first-order valence-electron chi connectivity index (χ1n) is 42.6. The summed E-state index contributed by atoms with van der Waals surface area (Å²) in [5, 5.41) is 20.8. The fraction of sp³-hybridized carbons (Fsp3) is 0.375. The largest absolute Gasteiger partial charge is 0.481 e. The van der Waals surface area contributed by atoms with E-state index in [9.17, 15) is 38.6 Å². The number of carboxylic acids is 1. The molecule has 5 aliphatic rings. The standard InChI is InChI=1S/C25H31NO3.C24H29NO2.C17H18O2.C16H16O2.C9H10O2.C8H9Br.C4H8O.CH3F/c1-18-8-10-19(11-9-18)16-25(17-27,20-6-4-3-5-7-20)24(28)29-23-14-21-12-13-22(15-23)26(21)2;1-17-8-10-18(11-9-17)14-23(19-6-4-3-5-7-19)24(26)27-22-15-20-12-13-21(16-22)25(20)2;1-13-8-10-14(11-9-13)12-16(17(18)19-2)15-6-4-3-5-7-15;1-12-7-9-13(10-8-12)11-15(16(17)18)14-5-3-2-4-6-14;1-11-9(10)7-8-5-3-2-4-6-8;1-7-2-4-8(6-9)5-3-7;1-2-4-5-3-1;1-2/h3-11,21-23,27H,12-17H2,1-2H3;3-11,20-23H,12-16H2,1-2H3;3-11,16H,12H2,1-2H3;2-10,15H,11H2,1H3,(H,17,18);2-6H,7H2,1H3;2-5H,6H2,1H3;1-4H2;1H3/i;;;;;;;1D. The van der Waals surface area contributed by atoms with Crippen molar-refractivity contribution in [3.05, 3.63) is 356 Å². The Morgan fingerprint density at radius 2 is 0.775 bits per heavy atom. The molecule has 16 heteroatoms. The van der Waals surface area contributed by atoms with E-state index in [1.54, 1.807) is 0 Å². The fourth-order valence-corrected chi connectivity index (χ4v) is 16.2. The first kappa shape index (κ1) is 93.7. The molecule has 5 aliphatic heterocycles. The van der Waals surface area contributed by atoms with Crippen LogP contribution in [0.1, 0.15) is 167 Å². The number of rotatable bonds is 22. The zero-order valence-corrected chi connectivity index (χ0v) is 73.0. The highest BCUT2D eigenvalue weighted by Gasteiger charge is 2.46. The van der Waals surface area contributed by atoms with E-state index < -0.39 is 24.5 Å². The van der Waals surface area contributed by atoms with Crippen LogP contribution in [0.25, 0.3) is 0 Å². The lowest BCUT2D eigenvalue weighted by Gasteiger charge is -2.38. The summed E-state index contributed by atoms with van der Waals surface area (Å²) in [4.78, 5) is 65.7. The Balaban J connectivity index is 0.000000183. The van der Waals surface area contributed by atoms with Gasteiger partial charge in [-0.2, -0.15) is 0 Å². The SMILES string of the molecule is C1CCOC1.COC(=O)C(Cc1ccc(C)cc1)c1ccccc1.COC(=O)Cc1ccccc1.Cc1ccc(CBr)cc1.Cc1ccc(CC(C(=O)O)c2ccccc2)cc1.Cc1ccc(CC(C(=O)OC2CC3CCC(C2)N3C)c2ccccc2)cc1.Cc1ccc(CC(CO)(C(=O)OC2CC3CCC(C2)N3C)c2ccccc2)cc1.[2H]CF. The van der Waals surface area contributed by atoms with Crippen LogP contribution in [-0.4, -0.2) is 142 Å². The summed E-state index contributed by atoms with van der Waals surface area (Å²) in [7, 11) is 6.23. The summed E-state index contributed by atoms with van der Waals surface area (Å²) < 4.78 is 42.1. The Bertz CT molecular complexity index is 4600. The number of aliphatic hydroxyl groups excluding tert-OH is 1. The number of methoxy groups -OCH3 is 2. The number of fused-ring (bicyclic) bond motifs is 4. The summed E-state index contributed by atoms with van der Waals surface area (Å²) >= 11 is 3.38. The molecule has 8 atom stereocenters. The van der Waals surface area contributed by atoms with Crippen molar-refractivity contribution < 1.29 is 63.6 Å². The Morgan fingerprint density at radius 1 is 0.450 bits per heavy atom. The number of nitrogens with zero attached hydrogens (tertiary/aromatic N) is 2. The normalized spacial score (nSPS) is 18.6. The predicted octanol–water partition coefficient (Wildman–Crippen LogP) is 20.7. The molecule has 5 saturated heterocycles. The second-order valence-corrected chi connectivity index (χ2v) is 32.5. The van der Waals surface area contributed by atoms with Crippen molar-refractivity contribution in [1.82, 2.24) is 9.80 Å². The van der Waals surface area contributed by atoms with Crippen LogP contribution < -0.4 is 0 Å². The lowest BCUT2D eigenvalue weighted by Crippen LogP contribution is -2.48. The Hall–Kier alpha value is -10.2. The van der Waals surface area contributed by atoms with Crippen LogP contribution in [0, 0.1) is 34.6 Å². The molecule has 4 bridgehead atoms. The number of carbonyl (C=O) groups is 5. The van der Waals surface area contributed by atoms with Crippen LogP contribution in [0.4, 0.5) is 4.39 Å². The molecule has 15 rings (SSSR count). The second kappa shape index (κ2) is 50.8. The fourth-order valence-electron chi connectivity index (χ4n) is 15.9. The molecule has 5 heterocycles. The van der Waals surface area contributed by atoms with E-state index in [0.29, 0.717) is 56.3 Å². The van der Waals surface area contributed by atoms with E-state index in [1.165, 1.54) is 91.7 Å². The molecule has 8 unspecified atom stereocenters. The third-order valence-corrected chi connectivity index (χ3v) is 23.8. The third kappa shape index (κ3) is 30.5. The molecule has 0 amide bonds. The van der Waals surface area contributed by atoms with E-state index in [-0.39, 0.29) is 54.5 Å². The number of piperidine rings is 2. The van der Waals surface area contributed by atoms with Crippen molar-refractivity contribution in [2.45, 2.75) is 196 Å². The molecule has 10 aromatic rings. The second-order valence-electron chi connectivity index (χ2n) is 31.9. The maximum Gasteiger partial charge on any atom is 0.319 e. The molecule has 636 valence electrons. The van der Waals surface area contributed by atoms with Gasteiger partial charge in [0.2, 0.25) is 0 Å². The molecule has 0 radical (unpaired) electrons. The van der Waals surface area contributed by atoms with Gasteiger partial charge in [-0.25, -0.2) is 0 Å². The van der Waals surface area contributed by atoms with Crippen LogP contribution in [0.5, 0.6) is 0 Å². The minimum atomic E-state index is -1.08. The number of aryl methyl sites for hydroxylation is 5. The zero-order chi connectivity index (χ0) is 86.9. The number of hydrogen-bond donors (Lipinski definition) is 2. The highest BCUT2D eigenvalue weighted by molar-refractivity contribution is 9.08. The first-order valence-corrected chi connectivity index (χ1v) is 43.0. The van der Waals surface area contributed by atoms with Gasteiger partial charge in [0.1, 0.15) is 17.6 Å². The van der Waals surface area contributed by atoms with Crippen LogP contribution >= 0.6 is 15.9 Å². The van der Waals surface area contributed by atoms with Crippen LogP contribution in [0.2, 0.25) is 0 Å². The van der Waals surface area contributed by atoms with Gasteiger partial charge in [0.15, 0.2) is 0 Å². The summed E-state index contributed by atoms with van der Waals surface area (Å²) in [5.41, 5.74) is 15.5. The first-order chi connectivity index (χ1) is 58.5. The molecule has 10 aromatic carbocycles. The minimum absolute atomic E-state index is 0.0652. The number of carboxylic acid groups (broad SMARTS) is 1. The maximum absolute atomic E-state index is 13.6. The van der Waals surface area contributed by atoms with Gasteiger partial charge in [0, 0.05) is 42.7 Å². The van der Waals surface area contributed by atoms with Crippen molar-refractivity contribution in [2.24, 2.45) is 0 Å². The molecule has 0 aromatic heterocycles. The lowest BCUT2D eigenvalue weighted by molar-refractivity contribution is -0.161. The zero-order valence-electron chi connectivity index (χ0n) is 72.4. The van der Waals surface area contributed by atoms with E-state index in [1.807, 2.05) is 214 Å². The van der Waals surface area contributed by atoms with E-state index in [4.69, 9.17) is 20.3 Å². The predicted molar refractivity (Wildman–Crippen MR) is 482 cm³/mol. The highest BCUT2D eigenvalue weighted by atomic mass is 79.9. The van der Waals surface area contributed by atoms with Crippen LogP contribution in [0.15, 0.2) is 273 Å². The molecule has 14 nitrogen and oxygen atoms in total. The van der Waals surface area contributed by atoms with Gasteiger partial charge in [-0.05, 0) is 194 Å². The summed E-state index contributed by atoms with van der Waals surface area (Å²) in [6.07, 6.45) is 13.8. The Kier molecular flexibility index (Phi) is 39.6. The number of aliphatic carboxylic acids is 1. The summed E-state index contributed by atoms with van der Waals surface area (Å²) in [6.45, 7) is 12.0. The van der Waals surface area contributed by atoms with Gasteiger partial charge in [-0.15, -0.1) is 0 Å². The third-order valence-electron chi connectivity index (χ3n) is 23.2. The van der Waals surface area contributed by atoms with Crippen LogP contribution in [0.3, 0.4) is 0 Å². The van der Waals surface area contributed by atoms with Gasteiger partial charge >= 0.3 is 29.8 Å². The Labute approximate surface area is 722 Å². The minimum Gasteiger partial charge on any atom is -0.481 e. The number of benzene rings is 10. The molecule has 5 fully saturated rings. The van der Waals surface area contributed by atoms with Crippen molar-refractivity contribution >= 4 is 45.8 Å². The number of aliphatic hydroxyl groups is 1. The van der Waals surface area contributed by atoms with Crippen molar-refractivity contribution in [1.29, 1.82) is 0 Å². The van der Waals surface area contributed by atoms with Gasteiger partial charge in [-0.1, -0.05) is 317 Å². The number of esters is 4. The number of alkyl halides is 2. The average molecular weight is 1690 g/mol. The van der Waals surface area contributed by atoms with E-state index in [0.717, 1.165) is 88.7 Å². The molecular formula is C104H124BrFN2O12. The van der Waals surface area contributed by atoms with Crippen molar-refractivity contribution in [3.63, 3.8) is 0 Å². The van der Waals surface area contributed by atoms with Gasteiger partial charge in [-0.3, -0.25) is 28.4 Å². The highest BCUT2D eigenvalue weighted by Crippen LogP contribution is 2.40. The lowest BCUT2D eigenvalue weighted by atomic mass is 9.76. The Morgan fingerprint density at radius 3 is 1.11 bits per heavy atom. The molecule has 0 saturated carbocycles. The van der Waals surface area contributed by atoms with Gasteiger partial charge < -0.3 is 43.7 Å². The molecule has 0 spiro atoms. The van der Waals surface area contributed by atoms with Gasteiger partial charge in [0.25, 0.3) is 0 Å². The van der Waals surface area contributed by atoms with Crippen molar-refractivity contribution in [2.75, 3.05) is 55.3 Å². The smallest absolute Gasteiger partial charge is 0.319 e.